The van der Waals surface area contributed by atoms with E-state index in [1.54, 1.807) is 13.3 Å². The fraction of sp³-hybridized carbons (Fsp3) is 0.500. The lowest BCUT2D eigenvalue weighted by Crippen LogP contribution is -2.19. The van der Waals surface area contributed by atoms with E-state index in [0.717, 1.165) is 0 Å². The standard InChI is InChI=1S/C8H10F3N3OS/c1-12-5-3-6(14-7(13-5)16-2)15-4-8(9,10)11/h3H,4H2,1-2H3,(H,12,13,14). The Morgan fingerprint density at radius 1 is 1.44 bits per heavy atom. The molecule has 0 aliphatic heterocycles. The van der Waals surface area contributed by atoms with Gasteiger partial charge in [-0.3, -0.25) is 0 Å². The van der Waals surface area contributed by atoms with Crippen LogP contribution in [-0.2, 0) is 0 Å². The Morgan fingerprint density at radius 2 is 2.12 bits per heavy atom. The molecule has 0 amide bonds. The van der Waals surface area contributed by atoms with E-state index >= 15 is 0 Å². The van der Waals surface area contributed by atoms with E-state index in [-0.39, 0.29) is 5.88 Å². The van der Waals surface area contributed by atoms with E-state index in [9.17, 15) is 13.2 Å². The Balaban J connectivity index is 2.79. The maximum absolute atomic E-state index is 11.9. The first-order chi connectivity index (χ1) is 7.44. The molecule has 0 spiro atoms. The van der Waals surface area contributed by atoms with Crippen molar-refractivity contribution in [1.29, 1.82) is 0 Å². The zero-order chi connectivity index (χ0) is 12.2. The van der Waals surface area contributed by atoms with E-state index in [4.69, 9.17) is 0 Å². The smallest absolute Gasteiger partial charge is 0.422 e. The molecule has 0 saturated carbocycles. The monoisotopic (exact) mass is 253 g/mol. The maximum atomic E-state index is 11.9. The molecule has 4 nitrogen and oxygen atoms in total. The first-order valence-electron chi connectivity index (χ1n) is 4.25. The number of rotatable bonds is 4. The molecule has 0 unspecified atom stereocenters. The Bertz CT molecular complexity index is 337. The molecule has 0 aromatic carbocycles. The summed E-state index contributed by atoms with van der Waals surface area (Å²) in [4.78, 5) is 7.79. The number of ether oxygens (including phenoxy) is 1. The molecular weight excluding hydrogens is 243 g/mol. The van der Waals surface area contributed by atoms with Gasteiger partial charge in [-0.05, 0) is 6.26 Å². The molecule has 0 saturated heterocycles. The van der Waals surface area contributed by atoms with Crippen LogP contribution in [0.2, 0.25) is 0 Å². The lowest BCUT2D eigenvalue weighted by Gasteiger charge is -2.10. The summed E-state index contributed by atoms with van der Waals surface area (Å²) < 4.78 is 40.3. The van der Waals surface area contributed by atoms with E-state index in [2.05, 4.69) is 20.0 Å². The number of thioether (sulfide) groups is 1. The second-order valence-corrected chi connectivity index (χ2v) is 3.51. The van der Waals surface area contributed by atoms with Crippen LogP contribution >= 0.6 is 11.8 Å². The first-order valence-corrected chi connectivity index (χ1v) is 5.47. The van der Waals surface area contributed by atoms with Gasteiger partial charge in [-0.15, -0.1) is 0 Å². The SMILES string of the molecule is CNc1cc(OCC(F)(F)F)nc(SC)n1. The minimum Gasteiger partial charge on any atom is -0.468 e. The van der Waals surface area contributed by atoms with Crippen LogP contribution in [0.4, 0.5) is 19.0 Å². The van der Waals surface area contributed by atoms with Crippen LogP contribution in [0.25, 0.3) is 0 Å². The van der Waals surface area contributed by atoms with Crippen molar-refractivity contribution < 1.29 is 17.9 Å². The highest BCUT2D eigenvalue weighted by Crippen LogP contribution is 2.21. The summed E-state index contributed by atoms with van der Waals surface area (Å²) in [5.41, 5.74) is 0. The summed E-state index contributed by atoms with van der Waals surface area (Å²) in [5, 5.41) is 3.06. The number of hydrogen-bond acceptors (Lipinski definition) is 5. The van der Waals surface area contributed by atoms with Crippen LogP contribution in [-0.4, -0.2) is 36.1 Å². The Kier molecular flexibility index (Phi) is 4.22. The quantitative estimate of drug-likeness (QED) is 0.658. The average molecular weight is 253 g/mol. The van der Waals surface area contributed by atoms with Crippen LogP contribution in [0, 0.1) is 0 Å². The minimum atomic E-state index is -4.37. The molecule has 1 rings (SSSR count). The summed E-state index contributed by atoms with van der Waals surface area (Å²) in [5.74, 6) is 0.317. The van der Waals surface area contributed by atoms with Crippen molar-refractivity contribution in [3.63, 3.8) is 0 Å². The van der Waals surface area contributed by atoms with Gasteiger partial charge in [-0.2, -0.15) is 18.2 Å². The molecule has 0 fully saturated rings. The van der Waals surface area contributed by atoms with Crippen molar-refractivity contribution in [2.24, 2.45) is 0 Å². The largest absolute Gasteiger partial charge is 0.468 e. The van der Waals surface area contributed by atoms with Gasteiger partial charge >= 0.3 is 6.18 Å². The molecule has 16 heavy (non-hydrogen) atoms. The normalized spacial score (nSPS) is 11.3. The molecule has 0 aliphatic carbocycles. The second-order valence-electron chi connectivity index (χ2n) is 2.73. The van der Waals surface area contributed by atoms with Gasteiger partial charge in [0.05, 0.1) is 0 Å². The zero-order valence-corrected chi connectivity index (χ0v) is 9.45. The number of nitrogens with one attached hydrogen (secondary N) is 1. The molecule has 8 heteroatoms. The molecule has 0 atom stereocenters. The third-order valence-corrected chi connectivity index (χ3v) is 2.05. The lowest BCUT2D eigenvalue weighted by atomic mass is 10.5. The van der Waals surface area contributed by atoms with Crippen LogP contribution in [0.3, 0.4) is 0 Å². The van der Waals surface area contributed by atoms with Crippen molar-refractivity contribution >= 4 is 17.6 Å². The Hall–Kier alpha value is -1.18. The van der Waals surface area contributed by atoms with Crippen LogP contribution in [0.15, 0.2) is 11.2 Å². The number of aromatic nitrogens is 2. The molecule has 90 valence electrons. The van der Waals surface area contributed by atoms with Crippen molar-refractivity contribution in [3.8, 4) is 5.88 Å². The highest BCUT2D eigenvalue weighted by Gasteiger charge is 2.28. The number of anilines is 1. The summed E-state index contributed by atoms with van der Waals surface area (Å²) in [7, 11) is 1.61. The molecule has 1 N–H and O–H groups in total. The molecule has 1 aromatic rings. The van der Waals surface area contributed by atoms with Crippen molar-refractivity contribution in [2.75, 3.05) is 25.2 Å². The van der Waals surface area contributed by atoms with Gasteiger partial charge in [-0.25, -0.2) is 4.98 Å². The highest BCUT2D eigenvalue weighted by molar-refractivity contribution is 7.98. The van der Waals surface area contributed by atoms with Gasteiger partial charge in [0.15, 0.2) is 11.8 Å². The first kappa shape index (κ1) is 12.9. The number of alkyl halides is 3. The summed E-state index contributed by atoms with van der Waals surface area (Å²) in [6.45, 7) is -1.36. The fourth-order valence-electron chi connectivity index (χ4n) is 0.853. The number of halogens is 3. The Morgan fingerprint density at radius 3 is 2.62 bits per heavy atom. The molecule has 1 aromatic heterocycles. The van der Waals surface area contributed by atoms with E-state index < -0.39 is 12.8 Å². The van der Waals surface area contributed by atoms with Gasteiger partial charge < -0.3 is 10.1 Å². The zero-order valence-electron chi connectivity index (χ0n) is 8.63. The highest BCUT2D eigenvalue weighted by atomic mass is 32.2. The minimum absolute atomic E-state index is 0.0963. The number of nitrogens with zero attached hydrogens (tertiary/aromatic N) is 2. The summed E-state index contributed by atoms with van der Waals surface area (Å²) >= 11 is 1.22. The van der Waals surface area contributed by atoms with E-state index in [1.165, 1.54) is 17.8 Å². The van der Waals surface area contributed by atoms with Crippen LogP contribution in [0.5, 0.6) is 5.88 Å². The Labute approximate surface area is 94.6 Å². The maximum Gasteiger partial charge on any atom is 0.422 e. The third kappa shape index (κ3) is 4.13. The van der Waals surface area contributed by atoms with Crippen LogP contribution < -0.4 is 10.1 Å². The van der Waals surface area contributed by atoms with E-state index in [1.807, 2.05) is 0 Å². The van der Waals surface area contributed by atoms with E-state index in [0.29, 0.717) is 11.0 Å². The second kappa shape index (κ2) is 5.24. The van der Waals surface area contributed by atoms with Gasteiger partial charge in [0.2, 0.25) is 5.88 Å². The van der Waals surface area contributed by atoms with Crippen molar-refractivity contribution in [2.45, 2.75) is 11.3 Å². The van der Waals surface area contributed by atoms with Gasteiger partial charge in [-0.1, -0.05) is 11.8 Å². The average Bonchev–Trinajstić information content (AvgIpc) is 2.25. The van der Waals surface area contributed by atoms with Crippen LogP contribution in [0.1, 0.15) is 0 Å². The topological polar surface area (TPSA) is 47.0 Å². The number of hydrogen-bond donors (Lipinski definition) is 1. The molecule has 1 heterocycles. The molecular formula is C8H10F3N3OS. The van der Waals surface area contributed by atoms with Gasteiger partial charge in [0, 0.05) is 13.1 Å². The summed E-state index contributed by atoms with van der Waals surface area (Å²) in [6, 6.07) is 1.31. The molecule has 0 aliphatic rings. The van der Waals surface area contributed by atoms with Crippen molar-refractivity contribution in [1.82, 2.24) is 9.97 Å². The van der Waals surface area contributed by atoms with Gasteiger partial charge in [0.25, 0.3) is 0 Å². The van der Waals surface area contributed by atoms with Gasteiger partial charge in [0.1, 0.15) is 5.82 Å². The predicted molar refractivity (Wildman–Crippen MR) is 54.9 cm³/mol. The third-order valence-electron chi connectivity index (χ3n) is 1.50. The molecule has 0 radical (unpaired) electrons. The fourth-order valence-corrected chi connectivity index (χ4v) is 1.22. The van der Waals surface area contributed by atoms with Crippen molar-refractivity contribution in [3.05, 3.63) is 6.07 Å². The molecule has 0 bridgehead atoms. The lowest BCUT2D eigenvalue weighted by molar-refractivity contribution is -0.154. The predicted octanol–water partition coefficient (Wildman–Crippen LogP) is 2.18. The summed E-state index contributed by atoms with van der Waals surface area (Å²) in [6.07, 6.45) is -2.65.